The summed E-state index contributed by atoms with van der Waals surface area (Å²) in [6.45, 7) is 0.965. The van der Waals surface area contributed by atoms with E-state index in [4.69, 9.17) is 11.0 Å². The van der Waals surface area contributed by atoms with Crippen molar-refractivity contribution < 1.29 is 4.79 Å². The molecule has 0 aromatic carbocycles. The van der Waals surface area contributed by atoms with Crippen LogP contribution in [0.15, 0.2) is 0 Å². The van der Waals surface area contributed by atoms with Crippen molar-refractivity contribution >= 4 is 5.91 Å². The van der Waals surface area contributed by atoms with Gasteiger partial charge in [-0.25, -0.2) is 0 Å². The van der Waals surface area contributed by atoms with E-state index in [1.54, 1.807) is 0 Å². The lowest BCUT2D eigenvalue weighted by Gasteiger charge is -2.28. The van der Waals surface area contributed by atoms with Crippen LogP contribution in [0.5, 0.6) is 0 Å². The van der Waals surface area contributed by atoms with E-state index < -0.39 is 0 Å². The molecule has 2 rings (SSSR count). The van der Waals surface area contributed by atoms with E-state index in [-0.39, 0.29) is 17.2 Å². The average Bonchev–Trinajstić information content (AvgIpc) is 3.08. The highest BCUT2D eigenvalue weighted by molar-refractivity contribution is 5.76. The summed E-state index contributed by atoms with van der Waals surface area (Å²) in [5, 5.41) is 12.3. The van der Waals surface area contributed by atoms with Gasteiger partial charge in [-0.2, -0.15) is 5.26 Å². The molecular weight excluding hydrogens is 214 g/mol. The van der Waals surface area contributed by atoms with Crippen molar-refractivity contribution in [1.29, 1.82) is 5.26 Å². The molecule has 0 spiro atoms. The van der Waals surface area contributed by atoms with Gasteiger partial charge in [0.15, 0.2) is 0 Å². The molecule has 17 heavy (non-hydrogen) atoms. The molecule has 1 amide bonds. The van der Waals surface area contributed by atoms with Crippen LogP contribution in [0, 0.1) is 22.7 Å². The lowest BCUT2D eigenvalue weighted by Crippen LogP contribution is -2.39. The molecule has 2 fully saturated rings. The van der Waals surface area contributed by atoms with Crippen molar-refractivity contribution in [3.05, 3.63) is 0 Å². The molecule has 2 aliphatic carbocycles. The molecule has 3 N–H and O–H groups in total. The van der Waals surface area contributed by atoms with Crippen LogP contribution in [0.25, 0.3) is 0 Å². The summed E-state index contributed by atoms with van der Waals surface area (Å²) in [6, 6.07) is 2.79. The van der Waals surface area contributed by atoms with Gasteiger partial charge in [-0.05, 0) is 43.9 Å². The van der Waals surface area contributed by atoms with Crippen molar-refractivity contribution in [3.63, 3.8) is 0 Å². The molecule has 4 nitrogen and oxygen atoms in total. The predicted octanol–water partition coefficient (Wildman–Crippen LogP) is 1.31. The molecule has 0 saturated heterocycles. The van der Waals surface area contributed by atoms with E-state index in [0.717, 1.165) is 32.2 Å². The number of nitrogens with zero attached hydrogens (tertiary/aromatic N) is 1. The molecular formula is C13H21N3O. The molecule has 0 aromatic heterocycles. The number of hydrogen-bond acceptors (Lipinski definition) is 3. The van der Waals surface area contributed by atoms with Crippen LogP contribution < -0.4 is 11.1 Å². The molecule has 0 aromatic rings. The van der Waals surface area contributed by atoms with Gasteiger partial charge in [0.05, 0.1) is 6.07 Å². The summed E-state index contributed by atoms with van der Waals surface area (Å²) in [7, 11) is 0. The lowest BCUT2D eigenvalue weighted by molar-refractivity contribution is -0.122. The number of nitrogens with one attached hydrogen (secondary N) is 1. The maximum atomic E-state index is 11.0. The Hall–Kier alpha value is -1.08. The number of amides is 1. The van der Waals surface area contributed by atoms with Gasteiger partial charge >= 0.3 is 0 Å². The number of nitriles is 1. The molecule has 2 saturated carbocycles. The second-order valence-electron chi connectivity index (χ2n) is 5.67. The zero-order valence-corrected chi connectivity index (χ0v) is 10.2. The van der Waals surface area contributed by atoms with Gasteiger partial charge in [-0.3, -0.25) is 4.79 Å². The third kappa shape index (κ3) is 3.19. The summed E-state index contributed by atoms with van der Waals surface area (Å²) in [5.74, 6) is -0.0614. The molecule has 0 radical (unpaired) electrons. The first kappa shape index (κ1) is 12.4. The molecule has 4 heteroatoms. The van der Waals surface area contributed by atoms with Crippen molar-refractivity contribution in [3.8, 4) is 6.07 Å². The Bertz CT molecular complexity index is 322. The highest BCUT2D eigenvalue weighted by atomic mass is 16.1. The van der Waals surface area contributed by atoms with Gasteiger partial charge in [-0.1, -0.05) is 0 Å². The van der Waals surface area contributed by atoms with Gasteiger partial charge in [0, 0.05) is 24.9 Å². The molecule has 0 heterocycles. The summed E-state index contributed by atoms with van der Waals surface area (Å²) >= 11 is 0. The van der Waals surface area contributed by atoms with E-state index in [1.165, 1.54) is 12.8 Å². The fourth-order valence-corrected chi connectivity index (χ4v) is 2.70. The van der Waals surface area contributed by atoms with Crippen LogP contribution in [0.3, 0.4) is 0 Å². The largest absolute Gasteiger partial charge is 0.369 e. The predicted molar refractivity (Wildman–Crippen MR) is 64.8 cm³/mol. The van der Waals surface area contributed by atoms with Gasteiger partial charge in [-0.15, -0.1) is 0 Å². The van der Waals surface area contributed by atoms with Gasteiger partial charge in [0.2, 0.25) is 5.91 Å². The number of carbonyl (C=O) groups excluding carboxylic acids is 1. The van der Waals surface area contributed by atoms with Crippen molar-refractivity contribution in [2.75, 3.05) is 6.54 Å². The monoisotopic (exact) mass is 235 g/mol. The Kier molecular flexibility index (Phi) is 3.68. The third-order valence-corrected chi connectivity index (χ3v) is 4.31. The van der Waals surface area contributed by atoms with E-state index in [0.29, 0.717) is 12.5 Å². The van der Waals surface area contributed by atoms with Crippen LogP contribution in [-0.2, 0) is 4.79 Å². The minimum Gasteiger partial charge on any atom is -0.369 e. The number of carbonyl (C=O) groups is 1. The Morgan fingerprint density at radius 2 is 2.00 bits per heavy atom. The number of rotatable bonds is 5. The summed E-state index contributed by atoms with van der Waals surface area (Å²) in [4.78, 5) is 11.0. The summed E-state index contributed by atoms with van der Waals surface area (Å²) in [6.07, 6.45) is 6.95. The summed E-state index contributed by atoms with van der Waals surface area (Å²) < 4.78 is 0. The molecule has 0 atom stereocenters. The van der Waals surface area contributed by atoms with Gasteiger partial charge < -0.3 is 11.1 Å². The second kappa shape index (κ2) is 5.05. The Balaban J connectivity index is 1.69. The molecule has 94 valence electrons. The van der Waals surface area contributed by atoms with Crippen LogP contribution in [0.4, 0.5) is 0 Å². The normalized spacial score (nSPS) is 30.5. The topological polar surface area (TPSA) is 78.9 Å². The fraction of sp³-hybridized carbons (Fsp3) is 0.846. The van der Waals surface area contributed by atoms with Crippen molar-refractivity contribution in [1.82, 2.24) is 5.32 Å². The molecule has 2 aliphatic rings. The van der Waals surface area contributed by atoms with Gasteiger partial charge in [0.1, 0.15) is 0 Å². The van der Waals surface area contributed by atoms with E-state index >= 15 is 0 Å². The quantitative estimate of drug-likeness (QED) is 0.754. The first-order chi connectivity index (χ1) is 8.15. The zero-order chi connectivity index (χ0) is 12.3. The van der Waals surface area contributed by atoms with Crippen LogP contribution in [0.1, 0.15) is 44.9 Å². The minimum absolute atomic E-state index is 0.0852. The number of nitrogens with two attached hydrogens (primary N) is 1. The van der Waals surface area contributed by atoms with Crippen LogP contribution in [-0.4, -0.2) is 18.5 Å². The van der Waals surface area contributed by atoms with E-state index in [1.807, 2.05) is 0 Å². The molecule has 0 unspecified atom stereocenters. The van der Waals surface area contributed by atoms with Crippen LogP contribution >= 0.6 is 0 Å². The maximum Gasteiger partial charge on any atom is 0.220 e. The van der Waals surface area contributed by atoms with Crippen molar-refractivity contribution in [2.24, 2.45) is 17.1 Å². The summed E-state index contributed by atoms with van der Waals surface area (Å²) in [5.41, 5.74) is 5.58. The SMILES string of the molecule is N#CCC1(CNC2CCC(C(N)=O)CC2)CC1. The lowest BCUT2D eigenvalue weighted by atomic mass is 9.85. The zero-order valence-electron chi connectivity index (χ0n) is 10.2. The first-order valence-corrected chi connectivity index (χ1v) is 6.55. The first-order valence-electron chi connectivity index (χ1n) is 6.55. The average molecular weight is 235 g/mol. The highest BCUT2D eigenvalue weighted by Crippen LogP contribution is 2.48. The maximum absolute atomic E-state index is 11.0. The second-order valence-corrected chi connectivity index (χ2v) is 5.67. The molecule has 0 bridgehead atoms. The molecule has 0 aliphatic heterocycles. The number of primary amides is 1. The fourth-order valence-electron chi connectivity index (χ4n) is 2.70. The van der Waals surface area contributed by atoms with Crippen molar-refractivity contribution in [2.45, 2.75) is 51.0 Å². The van der Waals surface area contributed by atoms with Gasteiger partial charge in [0.25, 0.3) is 0 Å². The smallest absolute Gasteiger partial charge is 0.220 e. The van der Waals surface area contributed by atoms with Crippen LogP contribution in [0.2, 0.25) is 0 Å². The number of hydrogen-bond donors (Lipinski definition) is 2. The highest BCUT2D eigenvalue weighted by Gasteiger charge is 2.42. The third-order valence-electron chi connectivity index (χ3n) is 4.31. The van der Waals surface area contributed by atoms with E-state index in [9.17, 15) is 4.79 Å². The Morgan fingerprint density at radius 1 is 1.35 bits per heavy atom. The minimum atomic E-state index is -0.147. The Morgan fingerprint density at radius 3 is 2.47 bits per heavy atom. The Labute approximate surface area is 103 Å². The standard InChI is InChI=1S/C13H21N3O/c14-8-7-13(5-6-13)9-16-11-3-1-10(2-4-11)12(15)17/h10-11,16H,1-7,9H2,(H2,15,17). The van der Waals surface area contributed by atoms with E-state index in [2.05, 4.69) is 11.4 Å².